The second-order valence-corrected chi connectivity index (χ2v) is 6.30. The van der Waals surface area contributed by atoms with E-state index in [9.17, 15) is 14.4 Å². The van der Waals surface area contributed by atoms with Crippen LogP contribution in [0.25, 0.3) is 0 Å². The van der Waals surface area contributed by atoms with Crippen LogP contribution in [0.1, 0.15) is 71.6 Å². The Labute approximate surface area is 150 Å². The molecular formula is C19H32O6. The average molecular weight is 356 g/mol. The standard InChI is InChI=1S/C12H20O4.C7H12O2/c13-11(14)9-7-5-3-1-2-4-6-8-10-12(15)16;1-5(2)4-6(3)7(8)9/h7,9H,1-6,8,10H2,(H,13,14)(H,15,16);5H,3-4H2,1-2H3,(H,8,9). The van der Waals surface area contributed by atoms with Gasteiger partial charge >= 0.3 is 17.9 Å². The van der Waals surface area contributed by atoms with Gasteiger partial charge in [0.25, 0.3) is 0 Å². The molecule has 0 radical (unpaired) electrons. The SMILES string of the molecule is C=C(CC(C)C)C(=O)O.O=C(O)C=CCCCCCCCCC(=O)O. The van der Waals surface area contributed by atoms with Crippen molar-refractivity contribution in [2.75, 3.05) is 0 Å². The molecule has 0 spiro atoms. The Morgan fingerprint density at radius 3 is 1.84 bits per heavy atom. The molecule has 0 unspecified atom stereocenters. The van der Waals surface area contributed by atoms with E-state index in [0.717, 1.165) is 44.9 Å². The molecule has 0 fully saturated rings. The van der Waals surface area contributed by atoms with Crippen molar-refractivity contribution in [3.63, 3.8) is 0 Å². The van der Waals surface area contributed by atoms with Crippen LogP contribution < -0.4 is 0 Å². The first-order valence-corrected chi connectivity index (χ1v) is 8.69. The molecule has 0 aliphatic carbocycles. The Morgan fingerprint density at radius 2 is 1.44 bits per heavy atom. The number of carboxylic acid groups (broad SMARTS) is 3. The van der Waals surface area contributed by atoms with Gasteiger partial charge in [0.05, 0.1) is 0 Å². The largest absolute Gasteiger partial charge is 0.481 e. The maximum Gasteiger partial charge on any atom is 0.330 e. The maximum atomic E-state index is 10.2. The molecule has 144 valence electrons. The summed E-state index contributed by atoms with van der Waals surface area (Å²) >= 11 is 0. The summed E-state index contributed by atoms with van der Waals surface area (Å²) in [5, 5.41) is 25.1. The van der Waals surface area contributed by atoms with Gasteiger partial charge in [0.1, 0.15) is 0 Å². The molecule has 25 heavy (non-hydrogen) atoms. The maximum absolute atomic E-state index is 10.2. The molecular weight excluding hydrogens is 324 g/mol. The van der Waals surface area contributed by atoms with E-state index in [1.165, 1.54) is 6.08 Å². The van der Waals surface area contributed by atoms with E-state index in [1.54, 1.807) is 6.08 Å². The van der Waals surface area contributed by atoms with Gasteiger partial charge in [-0.25, -0.2) is 9.59 Å². The second-order valence-electron chi connectivity index (χ2n) is 6.30. The minimum Gasteiger partial charge on any atom is -0.481 e. The molecule has 6 heteroatoms. The third-order valence-electron chi connectivity index (χ3n) is 3.23. The quantitative estimate of drug-likeness (QED) is 0.331. The van der Waals surface area contributed by atoms with E-state index in [1.807, 2.05) is 13.8 Å². The van der Waals surface area contributed by atoms with Crippen LogP contribution in [0.4, 0.5) is 0 Å². The molecule has 0 aromatic rings. The third kappa shape index (κ3) is 24.3. The van der Waals surface area contributed by atoms with Crippen molar-refractivity contribution < 1.29 is 29.7 Å². The molecule has 0 bridgehead atoms. The van der Waals surface area contributed by atoms with Crippen LogP contribution in [0.15, 0.2) is 24.3 Å². The van der Waals surface area contributed by atoms with Crippen LogP contribution in [0, 0.1) is 5.92 Å². The van der Waals surface area contributed by atoms with E-state index in [-0.39, 0.29) is 6.42 Å². The van der Waals surface area contributed by atoms with E-state index in [4.69, 9.17) is 15.3 Å². The fraction of sp³-hybridized carbons (Fsp3) is 0.632. The minimum absolute atomic E-state index is 0.265. The third-order valence-corrected chi connectivity index (χ3v) is 3.23. The lowest BCUT2D eigenvalue weighted by Gasteiger charge is -2.01. The van der Waals surface area contributed by atoms with Crippen LogP contribution in [0.3, 0.4) is 0 Å². The van der Waals surface area contributed by atoms with E-state index in [0.29, 0.717) is 17.9 Å². The fourth-order valence-corrected chi connectivity index (χ4v) is 2.01. The summed E-state index contributed by atoms with van der Waals surface area (Å²) in [6.45, 7) is 7.33. The van der Waals surface area contributed by atoms with Gasteiger partial charge in [-0.2, -0.15) is 0 Å². The summed E-state index contributed by atoms with van der Waals surface area (Å²) in [4.78, 5) is 30.5. The molecule has 0 amide bonds. The highest BCUT2D eigenvalue weighted by Gasteiger charge is 2.04. The number of hydrogen-bond acceptors (Lipinski definition) is 3. The first kappa shape index (κ1) is 25.1. The monoisotopic (exact) mass is 356 g/mol. The predicted molar refractivity (Wildman–Crippen MR) is 97.6 cm³/mol. The number of rotatable bonds is 13. The number of unbranched alkanes of at least 4 members (excludes halogenated alkanes) is 6. The Kier molecular flexibility index (Phi) is 16.8. The molecule has 0 rings (SSSR count). The fourth-order valence-electron chi connectivity index (χ4n) is 2.01. The number of hydrogen-bond donors (Lipinski definition) is 3. The molecule has 0 saturated carbocycles. The molecule has 6 nitrogen and oxygen atoms in total. The van der Waals surface area contributed by atoms with Crippen molar-refractivity contribution in [1.29, 1.82) is 0 Å². The topological polar surface area (TPSA) is 112 Å². The van der Waals surface area contributed by atoms with Gasteiger partial charge in [-0.1, -0.05) is 52.2 Å². The van der Waals surface area contributed by atoms with Crippen LogP contribution in [-0.2, 0) is 14.4 Å². The van der Waals surface area contributed by atoms with Gasteiger partial charge in [0, 0.05) is 18.1 Å². The molecule has 0 aromatic heterocycles. The normalized spacial score (nSPS) is 10.4. The van der Waals surface area contributed by atoms with Gasteiger partial charge in [-0.3, -0.25) is 4.79 Å². The Morgan fingerprint density at radius 1 is 0.920 bits per heavy atom. The molecule has 0 aromatic carbocycles. The first-order valence-electron chi connectivity index (χ1n) is 8.69. The zero-order valence-electron chi connectivity index (χ0n) is 15.4. The highest BCUT2D eigenvalue weighted by molar-refractivity contribution is 5.85. The molecule has 0 saturated heterocycles. The Hall–Kier alpha value is -2.11. The van der Waals surface area contributed by atoms with E-state index >= 15 is 0 Å². The summed E-state index contributed by atoms with van der Waals surface area (Å²) in [5.74, 6) is -2.12. The Balaban J connectivity index is 0. The zero-order chi connectivity index (χ0) is 19.7. The summed E-state index contributed by atoms with van der Waals surface area (Å²) in [6.07, 6.45) is 10.5. The van der Waals surface area contributed by atoms with Crippen LogP contribution in [0.2, 0.25) is 0 Å². The Bertz CT molecular complexity index is 437. The van der Waals surface area contributed by atoms with Crippen molar-refractivity contribution in [2.24, 2.45) is 5.92 Å². The van der Waals surface area contributed by atoms with Gasteiger partial charge in [0.2, 0.25) is 0 Å². The predicted octanol–water partition coefficient (Wildman–Crippen LogP) is 4.51. The number of allylic oxidation sites excluding steroid dienone is 1. The lowest BCUT2D eigenvalue weighted by Crippen LogP contribution is -2.01. The number of aliphatic carboxylic acids is 3. The molecule has 0 atom stereocenters. The second kappa shape index (κ2) is 16.7. The number of carboxylic acids is 3. The van der Waals surface area contributed by atoms with E-state index in [2.05, 4.69) is 6.58 Å². The molecule has 0 heterocycles. The van der Waals surface area contributed by atoms with Gasteiger partial charge in [0.15, 0.2) is 0 Å². The van der Waals surface area contributed by atoms with Crippen molar-refractivity contribution in [1.82, 2.24) is 0 Å². The van der Waals surface area contributed by atoms with Crippen LogP contribution >= 0.6 is 0 Å². The summed E-state index contributed by atoms with van der Waals surface area (Å²) in [7, 11) is 0. The van der Waals surface area contributed by atoms with Crippen LogP contribution in [0.5, 0.6) is 0 Å². The molecule has 3 N–H and O–H groups in total. The van der Waals surface area contributed by atoms with Gasteiger partial charge in [-0.05, 0) is 31.6 Å². The summed E-state index contributed by atoms with van der Waals surface area (Å²) < 4.78 is 0. The minimum atomic E-state index is -0.895. The molecule has 0 aliphatic rings. The number of carbonyl (C=O) groups is 3. The van der Waals surface area contributed by atoms with Gasteiger partial charge in [-0.15, -0.1) is 0 Å². The van der Waals surface area contributed by atoms with Crippen molar-refractivity contribution >= 4 is 17.9 Å². The lowest BCUT2D eigenvalue weighted by atomic mass is 10.1. The summed E-state index contributed by atoms with van der Waals surface area (Å²) in [5.41, 5.74) is 0.296. The highest BCUT2D eigenvalue weighted by atomic mass is 16.4. The zero-order valence-corrected chi connectivity index (χ0v) is 15.4. The average Bonchev–Trinajstić information content (AvgIpc) is 2.48. The van der Waals surface area contributed by atoms with Crippen LogP contribution in [-0.4, -0.2) is 33.2 Å². The highest BCUT2D eigenvalue weighted by Crippen LogP contribution is 2.09. The molecule has 0 aliphatic heterocycles. The smallest absolute Gasteiger partial charge is 0.330 e. The van der Waals surface area contributed by atoms with Crippen molar-refractivity contribution in [3.8, 4) is 0 Å². The van der Waals surface area contributed by atoms with Crippen molar-refractivity contribution in [3.05, 3.63) is 24.3 Å². The first-order chi connectivity index (χ1) is 11.7. The summed E-state index contributed by atoms with van der Waals surface area (Å²) in [6, 6.07) is 0. The van der Waals surface area contributed by atoms with E-state index < -0.39 is 17.9 Å². The van der Waals surface area contributed by atoms with Crippen molar-refractivity contribution in [2.45, 2.75) is 71.6 Å². The lowest BCUT2D eigenvalue weighted by molar-refractivity contribution is -0.137. The van der Waals surface area contributed by atoms with Gasteiger partial charge < -0.3 is 15.3 Å².